The summed E-state index contributed by atoms with van der Waals surface area (Å²) in [7, 11) is 0. The van der Waals surface area contributed by atoms with Crippen LogP contribution in [0.1, 0.15) is 11.1 Å². The van der Waals surface area contributed by atoms with E-state index in [1.54, 1.807) is 0 Å². The van der Waals surface area contributed by atoms with Crippen molar-refractivity contribution in [2.45, 2.75) is 0 Å². The largest absolute Gasteiger partial charge is 0.309 e. The van der Waals surface area contributed by atoms with E-state index in [1.165, 1.54) is 45.7 Å². The molecule has 0 aliphatic heterocycles. The first-order valence-corrected chi connectivity index (χ1v) is 18.0. The highest BCUT2D eigenvalue weighted by Crippen LogP contribution is 2.45. The first-order valence-electron chi connectivity index (χ1n) is 16.4. The quantitative estimate of drug-likeness (QED) is 0.184. The van der Waals surface area contributed by atoms with Crippen LogP contribution in [0, 0.1) is 22.7 Å². The van der Waals surface area contributed by atoms with Gasteiger partial charge in [-0.15, -0.1) is 22.7 Å². The summed E-state index contributed by atoms with van der Waals surface area (Å²) in [6, 6.07) is 51.8. The van der Waals surface area contributed by atoms with Gasteiger partial charge in [0.15, 0.2) is 0 Å². The van der Waals surface area contributed by atoms with Crippen molar-refractivity contribution in [1.82, 2.24) is 9.13 Å². The van der Waals surface area contributed by atoms with Gasteiger partial charge in [0.25, 0.3) is 0 Å². The number of hydrogen-bond acceptors (Lipinski definition) is 4. The lowest BCUT2D eigenvalue weighted by Crippen LogP contribution is -1.94. The Labute approximate surface area is 293 Å². The molecule has 50 heavy (non-hydrogen) atoms. The molecule has 0 unspecified atom stereocenters. The zero-order valence-electron chi connectivity index (χ0n) is 26.3. The van der Waals surface area contributed by atoms with E-state index in [9.17, 15) is 10.5 Å². The van der Waals surface area contributed by atoms with E-state index < -0.39 is 0 Å². The van der Waals surface area contributed by atoms with Crippen LogP contribution in [-0.4, -0.2) is 9.13 Å². The molecule has 0 aliphatic rings. The van der Waals surface area contributed by atoms with Gasteiger partial charge in [0.1, 0.15) is 0 Å². The van der Waals surface area contributed by atoms with E-state index in [1.807, 2.05) is 40.9 Å². The van der Waals surface area contributed by atoms with Gasteiger partial charge in [-0.1, -0.05) is 36.4 Å². The standard InChI is InChI=1S/C44H22N4S2/c45-23-25-9-13-36-31(19-25)29-5-1-3-7-35(29)47(36)27-11-16-40-32(21-27)33-22-28(12-17-41(33)49-40)48-37-14-10-26(24-46)20-34(37)43-38(48)15-18-42-44(43)30-6-2-4-8-39(30)50-42/h1-22H. The molecular formula is C44H22N4S2. The van der Waals surface area contributed by atoms with Crippen molar-refractivity contribution >= 4 is 107 Å². The second-order valence-corrected chi connectivity index (χ2v) is 14.9. The molecule has 4 aromatic heterocycles. The van der Waals surface area contributed by atoms with Gasteiger partial charge < -0.3 is 9.13 Å². The number of para-hydroxylation sites is 1. The zero-order chi connectivity index (χ0) is 33.1. The molecule has 7 aromatic carbocycles. The Hall–Kier alpha value is -6.44. The van der Waals surface area contributed by atoms with Crippen LogP contribution in [0.2, 0.25) is 0 Å². The Morgan fingerprint density at radius 2 is 0.900 bits per heavy atom. The van der Waals surface area contributed by atoms with E-state index in [0.717, 1.165) is 49.6 Å². The third kappa shape index (κ3) is 3.67. The Bertz CT molecular complexity index is 3360. The second-order valence-electron chi connectivity index (χ2n) is 12.8. The molecule has 0 amide bonds. The van der Waals surface area contributed by atoms with Crippen LogP contribution >= 0.6 is 22.7 Å². The highest BCUT2D eigenvalue weighted by molar-refractivity contribution is 7.26. The summed E-state index contributed by atoms with van der Waals surface area (Å²) >= 11 is 3.63. The van der Waals surface area contributed by atoms with Crippen LogP contribution in [0.3, 0.4) is 0 Å². The van der Waals surface area contributed by atoms with Gasteiger partial charge in [-0.25, -0.2) is 0 Å². The van der Waals surface area contributed by atoms with Crippen LogP contribution < -0.4 is 0 Å². The Balaban J connectivity index is 1.19. The summed E-state index contributed by atoms with van der Waals surface area (Å²) in [5.41, 5.74) is 7.92. The van der Waals surface area contributed by atoms with Crippen molar-refractivity contribution in [3.05, 3.63) is 145 Å². The molecule has 230 valence electrons. The van der Waals surface area contributed by atoms with Crippen molar-refractivity contribution < 1.29 is 0 Å². The molecule has 0 fully saturated rings. The molecule has 0 saturated heterocycles. The maximum Gasteiger partial charge on any atom is 0.0991 e. The molecule has 11 rings (SSSR count). The van der Waals surface area contributed by atoms with Crippen molar-refractivity contribution in [1.29, 1.82) is 10.5 Å². The fraction of sp³-hybridized carbons (Fsp3) is 0. The Kier molecular flexibility index (Phi) is 5.52. The van der Waals surface area contributed by atoms with E-state index in [0.29, 0.717) is 11.1 Å². The van der Waals surface area contributed by atoms with Crippen molar-refractivity contribution in [3.63, 3.8) is 0 Å². The normalized spacial score (nSPS) is 12.0. The summed E-state index contributed by atoms with van der Waals surface area (Å²) < 4.78 is 9.67. The molecule has 0 N–H and O–H groups in total. The van der Waals surface area contributed by atoms with Gasteiger partial charge in [0.05, 0.1) is 45.3 Å². The third-order valence-electron chi connectivity index (χ3n) is 10.2. The molecule has 0 aliphatic carbocycles. The minimum Gasteiger partial charge on any atom is -0.309 e. The summed E-state index contributed by atoms with van der Waals surface area (Å²) in [4.78, 5) is 0. The van der Waals surface area contributed by atoms with Crippen LogP contribution in [-0.2, 0) is 0 Å². The molecule has 11 aromatic rings. The second kappa shape index (κ2) is 10.0. The summed E-state index contributed by atoms with van der Waals surface area (Å²) in [5.74, 6) is 0. The SMILES string of the molecule is N#Cc1ccc2c(c1)c1ccccc1n2-c1ccc2sc3ccc(-n4c5ccc(C#N)cc5c5c6c(ccc54)sc4ccccc46)cc3c2c1. The van der Waals surface area contributed by atoms with E-state index in [-0.39, 0.29) is 0 Å². The number of fused-ring (bicyclic) bond motifs is 13. The van der Waals surface area contributed by atoms with E-state index >= 15 is 0 Å². The first-order chi connectivity index (χ1) is 24.7. The number of thiophene rings is 2. The number of benzene rings is 7. The topological polar surface area (TPSA) is 57.4 Å². The molecule has 0 atom stereocenters. The highest BCUT2D eigenvalue weighted by Gasteiger charge is 2.20. The number of nitriles is 2. The first kappa shape index (κ1) is 27.5. The monoisotopic (exact) mass is 670 g/mol. The van der Waals surface area contributed by atoms with Crippen LogP contribution in [0.5, 0.6) is 0 Å². The average molecular weight is 671 g/mol. The zero-order valence-corrected chi connectivity index (χ0v) is 27.9. The summed E-state index contributed by atoms with van der Waals surface area (Å²) in [5, 5.41) is 28.9. The van der Waals surface area contributed by atoms with E-state index in [2.05, 4.69) is 137 Å². The lowest BCUT2D eigenvalue weighted by Gasteiger charge is -2.10. The lowest BCUT2D eigenvalue weighted by molar-refractivity contribution is 1.18. The number of rotatable bonds is 2. The van der Waals surface area contributed by atoms with Crippen LogP contribution in [0.25, 0.3) is 95.3 Å². The molecule has 6 heteroatoms. The molecular weight excluding hydrogens is 649 g/mol. The van der Waals surface area contributed by atoms with Crippen LogP contribution in [0.15, 0.2) is 133 Å². The van der Waals surface area contributed by atoms with Crippen molar-refractivity contribution in [3.8, 4) is 23.5 Å². The fourth-order valence-corrected chi connectivity index (χ4v) is 10.2. The predicted molar refractivity (Wildman–Crippen MR) is 210 cm³/mol. The molecule has 0 bridgehead atoms. The van der Waals surface area contributed by atoms with Crippen LogP contribution in [0.4, 0.5) is 0 Å². The van der Waals surface area contributed by atoms with Gasteiger partial charge >= 0.3 is 0 Å². The lowest BCUT2D eigenvalue weighted by atomic mass is 10.0. The molecule has 0 radical (unpaired) electrons. The number of aromatic nitrogens is 2. The van der Waals surface area contributed by atoms with Gasteiger partial charge in [0.2, 0.25) is 0 Å². The van der Waals surface area contributed by atoms with Gasteiger partial charge in [-0.05, 0) is 97.1 Å². The third-order valence-corrected chi connectivity index (χ3v) is 12.4. The Morgan fingerprint density at radius 3 is 1.62 bits per heavy atom. The molecule has 0 saturated carbocycles. The maximum absolute atomic E-state index is 9.90. The number of nitrogens with zero attached hydrogens (tertiary/aromatic N) is 4. The van der Waals surface area contributed by atoms with Gasteiger partial charge in [0, 0.05) is 73.3 Å². The maximum atomic E-state index is 9.90. The van der Waals surface area contributed by atoms with Gasteiger partial charge in [-0.2, -0.15) is 10.5 Å². The molecule has 4 heterocycles. The molecule has 4 nitrogen and oxygen atoms in total. The summed E-state index contributed by atoms with van der Waals surface area (Å²) in [6.07, 6.45) is 0. The summed E-state index contributed by atoms with van der Waals surface area (Å²) in [6.45, 7) is 0. The van der Waals surface area contributed by atoms with Gasteiger partial charge in [-0.3, -0.25) is 0 Å². The fourth-order valence-electron chi connectivity index (χ4n) is 8.03. The average Bonchev–Trinajstić information content (AvgIpc) is 3.91. The predicted octanol–water partition coefficient (Wildman–Crippen LogP) is 12.4. The Morgan fingerprint density at radius 1 is 0.380 bits per heavy atom. The smallest absolute Gasteiger partial charge is 0.0991 e. The minimum atomic E-state index is 0.661. The molecule has 0 spiro atoms. The number of hydrogen-bond donors (Lipinski definition) is 0. The minimum absolute atomic E-state index is 0.661. The van der Waals surface area contributed by atoms with Crippen molar-refractivity contribution in [2.24, 2.45) is 0 Å². The highest BCUT2D eigenvalue weighted by atomic mass is 32.1. The van der Waals surface area contributed by atoms with Crippen molar-refractivity contribution in [2.75, 3.05) is 0 Å². The van der Waals surface area contributed by atoms with E-state index in [4.69, 9.17) is 0 Å².